The van der Waals surface area contributed by atoms with Gasteiger partial charge in [-0.3, -0.25) is 9.69 Å². The summed E-state index contributed by atoms with van der Waals surface area (Å²) in [5.41, 5.74) is 6.27. The fourth-order valence-corrected chi connectivity index (χ4v) is 4.84. The van der Waals surface area contributed by atoms with E-state index in [0.717, 1.165) is 56.5 Å². The van der Waals surface area contributed by atoms with Crippen molar-refractivity contribution in [3.8, 4) is 22.6 Å². The standard InChI is InChI=1S/C25H31NO3/c1-4-6-10-23(27)29-22-9-7-8-17-15-21-24-18(11-13-26(21)12-5-2)14-19(28-3)16-20(24)25(17)22/h7-9,14,16,21H,4-6,10-13,15H2,1-3H3. The topological polar surface area (TPSA) is 38.8 Å². The Balaban J connectivity index is 1.81. The van der Waals surface area contributed by atoms with E-state index in [2.05, 4.69) is 36.9 Å². The van der Waals surface area contributed by atoms with Crippen molar-refractivity contribution in [1.82, 2.24) is 4.90 Å². The number of rotatable bonds is 7. The molecular weight excluding hydrogens is 362 g/mol. The smallest absolute Gasteiger partial charge is 0.311 e. The van der Waals surface area contributed by atoms with Crippen molar-refractivity contribution in [3.05, 3.63) is 47.0 Å². The number of nitrogens with zero attached hydrogens (tertiary/aromatic N) is 1. The van der Waals surface area contributed by atoms with Crippen LogP contribution >= 0.6 is 0 Å². The molecule has 0 bridgehead atoms. The number of hydrogen-bond acceptors (Lipinski definition) is 4. The van der Waals surface area contributed by atoms with Crippen LogP contribution in [0.5, 0.6) is 11.5 Å². The van der Waals surface area contributed by atoms with Gasteiger partial charge in [-0.2, -0.15) is 0 Å². The molecule has 1 aliphatic heterocycles. The number of carbonyl (C=O) groups is 1. The van der Waals surface area contributed by atoms with Gasteiger partial charge in [0.2, 0.25) is 0 Å². The second kappa shape index (κ2) is 8.58. The van der Waals surface area contributed by atoms with Gasteiger partial charge >= 0.3 is 5.97 Å². The molecule has 29 heavy (non-hydrogen) atoms. The lowest BCUT2D eigenvalue weighted by Gasteiger charge is -2.42. The summed E-state index contributed by atoms with van der Waals surface area (Å²) in [5.74, 6) is 1.42. The Morgan fingerprint density at radius 1 is 1.17 bits per heavy atom. The van der Waals surface area contributed by atoms with Crippen molar-refractivity contribution in [2.75, 3.05) is 20.2 Å². The number of carbonyl (C=O) groups excluding carboxylic acids is 1. The molecule has 1 heterocycles. The lowest BCUT2D eigenvalue weighted by Crippen LogP contribution is -2.39. The molecule has 0 N–H and O–H groups in total. The van der Waals surface area contributed by atoms with Crippen LogP contribution in [0.1, 0.15) is 62.3 Å². The average molecular weight is 394 g/mol. The minimum Gasteiger partial charge on any atom is -0.497 e. The maximum atomic E-state index is 12.4. The van der Waals surface area contributed by atoms with Gasteiger partial charge in [0.25, 0.3) is 0 Å². The summed E-state index contributed by atoms with van der Waals surface area (Å²) in [4.78, 5) is 15.0. The van der Waals surface area contributed by atoms with Crippen LogP contribution in [0.2, 0.25) is 0 Å². The van der Waals surface area contributed by atoms with Gasteiger partial charge in [-0.15, -0.1) is 0 Å². The molecule has 0 saturated carbocycles. The molecule has 4 nitrogen and oxygen atoms in total. The van der Waals surface area contributed by atoms with E-state index in [-0.39, 0.29) is 5.97 Å². The Morgan fingerprint density at radius 2 is 2.03 bits per heavy atom. The first kappa shape index (κ1) is 20.0. The summed E-state index contributed by atoms with van der Waals surface area (Å²) in [6, 6.07) is 10.8. The molecule has 154 valence electrons. The number of benzene rings is 2. The zero-order valence-corrected chi connectivity index (χ0v) is 17.8. The molecule has 1 unspecified atom stereocenters. The highest BCUT2D eigenvalue weighted by atomic mass is 16.5. The molecule has 0 fully saturated rings. The number of esters is 1. The highest BCUT2D eigenvalue weighted by Crippen LogP contribution is 2.49. The van der Waals surface area contributed by atoms with Gasteiger partial charge in [-0.25, -0.2) is 0 Å². The largest absolute Gasteiger partial charge is 0.497 e. The molecule has 2 aromatic rings. The second-order valence-corrected chi connectivity index (χ2v) is 8.12. The third kappa shape index (κ3) is 3.78. The predicted octanol–water partition coefficient (Wildman–Crippen LogP) is 5.32. The van der Waals surface area contributed by atoms with Gasteiger partial charge in [0.1, 0.15) is 11.5 Å². The second-order valence-electron chi connectivity index (χ2n) is 8.12. The molecule has 4 heteroatoms. The summed E-state index contributed by atoms with van der Waals surface area (Å²) in [7, 11) is 1.72. The van der Waals surface area contributed by atoms with E-state index in [1.54, 1.807) is 7.11 Å². The van der Waals surface area contributed by atoms with Crippen molar-refractivity contribution in [3.63, 3.8) is 0 Å². The van der Waals surface area contributed by atoms with Crippen molar-refractivity contribution in [2.45, 2.75) is 58.4 Å². The summed E-state index contributed by atoms with van der Waals surface area (Å²) in [6.07, 6.45) is 5.45. The third-order valence-corrected chi connectivity index (χ3v) is 6.18. The van der Waals surface area contributed by atoms with E-state index in [4.69, 9.17) is 9.47 Å². The van der Waals surface area contributed by atoms with Gasteiger partial charge in [0.15, 0.2) is 0 Å². The Hall–Kier alpha value is -2.33. The van der Waals surface area contributed by atoms with Crippen LogP contribution in [0.15, 0.2) is 30.3 Å². The molecule has 0 radical (unpaired) electrons. The molecule has 2 aromatic carbocycles. The molecule has 4 rings (SSSR count). The molecular formula is C25H31NO3. The van der Waals surface area contributed by atoms with Crippen LogP contribution in [0.25, 0.3) is 11.1 Å². The van der Waals surface area contributed by atoms with Crippen LogP contribution in [-0.4, -0.2) is 31.1 Å². The Morgan fingerprint density at radius 3 is 2.79 bits per heavy atom. The molecule has 1 aliphatic carbocycles. The predicted molar refractivity (Wildman–Crippen MR) is 116 cm³/mol. The number of ether oxygens (including phenoxy) is 2. The fraction of sp³-hybridized carbons (Fsp3) is 0.480. The maximum Gasteiger partial charge on any atom is 0.311 e. The summed E-state index contributed by atoms with van der Waals surface area (Å²) >= 11 is 0. The van der Waals surface area contributed by atoms with Crippen molar-refractivity contribution in [1.29, 1.82) is 0 Å². The molecule has 0 amide bonds. The van der Waals surface area contributed by atoms with Gasteiger partial charge in [-0.1, -0.05) is 32.4 Å². The van der Waals surface area contributed by atoms with Crippen LogP contribution in [0.4, 0.5) is 0 Å². The normalized spacial score (nSPS) is 17.4. The first-order valence-electron chi connectivity index (χ1n) is 10.9. The lowest BCUT2D eigenvalue weighted by atomic mass is 9.76. The molecule has 1 atom stereocenters. The fourth-order valence-electron chi connectivity index (χ4n) is 4.84. The van der Waals surface area contributed by atoms with E-state index < -0.39 is 0 Å². The first-order valence-corrected chi connectivity index (χ1v) is 10.9. The van der Waals surface area contributed by atoms with Crippen LogP contribution in [-0.2, 0) is 17.6 Å². The quantitative estimate of drug-likeness (QED) is 0.471. The minimum atomic E-state index is -0.147. The van der Waals surface area contributed by atoms with Crippen molar-refractivity contribution >= 4 is 5.97 Å². The molecule has 0 spiro atoms. The van der Waals surface area contributed by atoms with Crippen LogP contribution < -0.4 is 9.47 Å². The zero-order chi connectivity index (χ0) is 20.4. The average Bonchev–Trinajstić information content (AvgIpc) is 2.74. The minimum absolute atomic E-state index is 0.147. The van der Waals surface area contributed by atoms with Crippen LogP contribution in [0, 0.1) is 0 Å². The van der Waals surface area contributed by atoms with Gasteiger partial charge in [0, 0.05) is 24.6 Å². The monoisotopic (exact) mass is 393 g/mol. The molecule has 0 saturated heterocycles. The number of methoxy groups -OCH3 is 1. The highest BCUT2D eigenvalue weighted by molar-refractivity contribution is 5.84. The van der Waals surface area contributed by atoms with E-state index in [9.17, 15) is 4.79 Å². The third-order valence-electron chi connectivity index (χ3n) is 6.18. The van der Waals surface area contributed by atoms with Crippen molar-refractivity contribution < 1.29 is 14.3 Å². The van der Waals surface area contributed by atoms with Crippen LogP contribution in [0.3, 0.4) is 0 Å². The van der Waals surface area contributed by atoms with Gasteiger partial charge in [0.05, 0.1) is 7.11 Å². The molecule has 2 aliphatic rings. The Labute approximate surface area is 173 Å². The first-order chi connectivity index (χ1) is 14.2. The summed E-state index contributed by atoms with van der Waals surface area (Å²) < 4.78 is 11.5. The van der Waals surface area contributed by atoms with E-state index in [1.807, 2.05) is 12.1 Å². The Kier molecular flexibility index (Phi) is 5.91. The van der Waals surface area contributed by atoms with Gasteiger partial charge < -0.3 is 9.47 Å². The van der Waals surface area contributed by atoms with Gasteiger partial charge in [-0.05, 0) is 72.7 Å². The Bertz CT molecular complexity index is 905. The SMILES string of the molecule is CCCCC(=O)Oc1cccc2c1-c1cc(OC)cc3c1C(C2)N(CCC)CC3. The molecule has 0 aromatic heterocycles. The van der Waals surface area contributed by atoms with E-state index in [0.29, 0.717) is 18.2 Å². The summed E-state index contributed by atoms with van der Waals surface area (Å²) in [5, 5.41) is 0. The zero-order valence-electron chi connectivity index (χ0n) is 17.8. The number of hydrogen-bond donors (Lipinski definition) is 0. The lowest BCUT2D eigenvalue weighted by molar-refractivity contribution is -0.134. The summed E-state index contributed by atoms with van der Waals surface area (Å²) in [6.45, 7) is 6.52. The number of fused-ring (bicyclic) bond motifs is 2. The van der Waals surface area contributed by atoms with E-state index >= 15 is 0 Å². The number of unbranched alkanes of at least 4 members (excludes halogenated alkanes) is 1. The van der Waals surface area contributed by atoms with Crippen molar-refractivity contribution in [2.24, 2.45) is 0 Å². The maximum absolute atomic E-state index is 12.4. The van der Waals surface area contributed by atoms with E-state index in [1.165, 1.54) is 22.3 Å². The highest BCUT2D eigenvalue weighted by Gasteiger charge is 2.36.